The first-order valence-electron chi connectivity index (χ1n) is 20.5. The van der Waals surface area contributed by atoms with E-state index in [1.165, 1.54) is 37.7 Å². The lowest BCUT2D eigenvalue weighted by Gasteiger charge is -2.47. The Morgan fingerprint density at radius 2 is 0.846 bits per heavy atom. The minimum absolute atomic E-state index is 0.140. The van der Waals surface area contributed by atoms with Crippen molar-refractivity contribution >= 4 is 0 Å². The van der Waals surface area contributed by atoms with Crippen molar-refractivity contribution in [3.63, 3.8) is 0 Å². The maximum Gasteiger partial charge on any atom is 0.119 e. The van der Waals surface area contributed by atoms with Crippen LogP contribution >= 0.6 is 0 Å². The van der Waals surface area contributed by atoms with Crippen LogP contribution in [0.15, 0.2) is 60.7 Å². The molecule has 4 fully saturated rings. The van der Waals surface area contributed by atoms with E-state index in [2.05, 4.69) is 123 Å². The second-order valence-corrected chi connectivity index (χ2v) is 20.4. The fourth-order valence-electron chi connectivity index (χ4n) is 9.94. The van der Waals surface area contributed by atoms with Crippen LogP contribution in [0.4, 0.5) is 0 Å². The van der Waals surface area contributed by atoms with Crippen molar-refractivity contribution in [3.8, 4) is 5.75 Å². The monoisotopic (exact) mass is 720 g/mol. The zero-order valence-corrected chi connectivity index (χ0v) is 35.3. The van der Waals surface area contributed by atoms with Gasteiger partial charge in [0.05, 0.1) is 24.9 Å². The Morgan fingerprint density at radius 1 is 0.462 bits per heavy atom. The molecule has 3 N–H and O–H groups in total. The summed E-state index contributed by atoms with van der Waals surface area (Å²) in [6, 6.07) is 20.5. The molecule has 4 aliphatic rings. The van der Waals surface area contributed by atoms with Crippen LogP contribution in [0, 0.1) is 0 Å². The molecule has 0 atom stereocenters. The van der Waals surface area contributed by atoms with Gasteiger partial charge in [-0.15, -0.1) is 0 Å². The molecule has 2 aromatic carbocycles. The van der Waals surface area contributed by atoms with Crippen LogP contribution in [0.3, 0.4) is 0 Å². The van der Waals surface area contributed by atoms with Crippen LogP contribution in [0.25, 0.3) is 0 Å². The van der Waals surface area contributed by atoms with E-state index >= 15 is 0 Å². The van der Waals surface area contributed by atoms with Gasteiger partial charge < -0.3 is 30.2 Å². The minimum Gasteiger partial charge on any atom is -0.490 e. The summed E-state index contributed by atoms with van der Waals surface area (Å²) in [5, 5.41) is 11.1. The molecule has 294 valence electrons. The first kappa shape index (κ1) is 42.8. The number of piperidine rings is 3. The molecular weight excluding hydrogens is 643 g/mol. The Hall–Kier alpha value is -1.96. The Bertz CT molecular complexity index is 1280. The van der Waals surface area contributed by atoms with Crippen LogP contribution in [0.2, 0.25) is 0 Å². The van der Waals surface area contributed by atoms with E-state index in [1.54, 1.807) is 0 Å². The first-order valence-corrected chi connectivity index (χ1v) is 20.5. The topological polar surface area (TPSA) is 63.8 Å². The third-order valence-corrected chi connectivity index (χ3v) is 10.8. The highest BCUT2D eigenvalue weighted by Gasteiger charge is 2.40. The predicted octanol–water partition coefficient (Wildman–Crippen LogP) is 10.5. The number of rotatable bonds is 7. The number of para-hydroxylation sites is 1. The van der Waals surface area contributed by atoms with Crippen molar-refractivity contribution in [2.75, 3.05) is 0 Å². The van der Waals surface area contributed by atoms with Gasteiger partial charge in [-0.1, -0.05) is 67.8 Å². The molecule has 0 aromatic heterocycles. The van der Waals surface area contributed by atoms with Crippen molar-refractivity contribution in [2.45, 2.75) is 218 Å². The summed E-state index contributed by atoms with van der Waals surface area (Å²) in [6.07, 6.45) is 14.9. The molecule has 0 unspecified atom stereocenters. The van der Waals surface area contributed by atoms with E-state index in [4.69, 9.17) is 14.2 Å². The maximum absolute atomic E-state index is 6.36. The molecular formula is C46H77N3O3. The van der Waals surface area contributed by atoms with Crippen molar-refractivity contribution in [2.24, 2.45) is 0 Å². The van der Waals surface area contributed by atoms with Crippen molar-refractivity contribution in [1.29, 1.82) is 0 Å². The lowest BCUT2D eigenvalue weighted by Crippen LogP contribution is -2.60. The van der Waals surface area contributed by atoms with Gasteiger partial charge in [-0.05, 0) is 139 Å². The van der Waals surface area contributed by atoms with Crippen LogP contribution in [0.1, 0.15) is 159 Å². The van der Waals surface area contributed by atoms with Crippen LogP contribution in [-0.4, -0.2) is 57.6 Å². The third-order valence-electron chi connectivity index (χ3n) is 10.8. The standard InChI is InChI=1S/C16H25NO.C15H29NO.C15H23NO/c1-15(2)10-14(11-16(3,4)17-15)18-12-13-8-6-5-7-9-13;2*1-14(2)10-13(11-15(3,4)16-14)17-12-8-6-5-7-9-12/h5-9,14,17H,10-12H2,1-4H3;12-13,16H,5-11H2,1-4H3;5-9,13,16H,10-11H2,1-4H3. The molecule has 2 aromatic rings. The van der Waals surface area contributed by atoms with Gasteiger partial charge in [0.25, 0.3) is 0 Å². The summed E-state index contributed by atoms with van der Waals surface area (Å²) in [4.78, 5) is 0. The number of hydrogen-bond acceptors (Lipinski definition) is 6. The molecule has 3 aliphatic heterocycles. The molecule has 1 saturated carbocycles. The number of ether oxygens (including phenoxy) is 3. The number of benzene rings is 2. The summed E-state index contributed by atoms with van der Waals surface area (Å²) in [7, 11) is 0. The average molecular weight is 720 g/mol. The molecule has 6 rings (SSSR count). The van der Waals surface area contributed by atoms with E-state index < -0.39 is 0 Å². The van der Waals surface area contributed by atoms with Crippen molar-refractivity contribution in [3.05, 3.63) is 66.2 Å². The van der Waals surface area contributed by atoms with Gasteiger partial charge in [0.1, 0.15) is 11.9 Å². The zero-order valence-electron chi connectivity index (χ0n) is 35.3. The highest BCUT2D eigenvalue weighted by atomic mass is 16.5. The lowest BCUT2D eigenvalue weighted by atomic mass is 9.80. The Kier molecular flexibility index (Phi) is 14.5. The summed E-state index contributed by atoms with van der Waals surface area (Å²) in [6.45, 7) is 27.9. The molecule has 3 heterocycles. The van der Waals surface area contributed by atoms with Gasteiger partial charge >= 0.3 is 0 Å². The molecule has 52 heavy (non-hydrogen) atoms. The van der Waals surface area contributed by atoms with E-state index in [0.717, 1.165) is 50.9 Å². The Labute approximate surface area is 319 Å². The molecule has 6 heteroatoms. The third kappa shape index (κ3) is 15.4. The Balaban J connectivity index is 0.000000175. The Morgan fingerprint density at radius 3 is 1.29 bits per heavy atom. The van der Waals surface area contributed by atoms with Gasteiger partial charge in [0.2, 0.25) is 0 Å². The SMILES string of the molecule is CC1(C)CC(OC2CCCCC2)CC(C)(C)N1.CC1(C)CC(OCc2ccccc2)CC(C)(C)N1.CC1(C)CC(Oc2ccccc2)CC(C)(C)N1. The number of hydrogen-bond donors (Lipinski definition) is 3. The summed E-state index contributed by atoms with van der Waals surface area (Å²) in [5.41, 5.74) is 2.27. The van der Waals surface area contributed by atoms with Gasteiger partial charge in [-0.25, -0.2) is 0 Å². The first-order chi connectivity index (χ1) is 24.1. The fraction of sp³-hybridized carbons (Fsp3) is 0.739. The van der Waals surface area contributed by atoms with E-state index in [9.17, 15) is 0 Å². The number of nitrogens with one attached hydrogen (secondary N) is 3. The molecule has 0 bridgehead atoms. The molecule has 3 saturated heterocycles. The molecule has 1 aliphatic carbocycles. The van der Waals surface area contributed by atoms with E-state index in [-0.39, 0.29) is 33.2 Å². The molecule has 0 radical (unpaired) electrons. The minimum atomic E-state index is 0.140. The predicted molar refractivity (Wildman–Crippen MR) is 219 cm³/mol. The maximum atomic E-state index is 6.36. The van der Waals surface area contributed by atoms with E-state index in [1.807, 2.05) is 36.4 Å². The molecule has 0 amide bonds. The highest BCUT2D eigenvalue weighted by molar-refractivity contribution is 5.21. The quantitative estimate of drug-likeness (QED) is 0.265. The molecule has 0 spiro atoms. The second-order valence-electron chi connectivity index (χ2n) is 20.4. The fourth-order valence-corrected chi connectivity index (χ4v) is 9.94. The largest absolute Gasteiger partial charge is 0.490 e. The van der Waals surface area contributed by atoms with E-state index in [0.29, 0.717) is 24.4 Å². The van der Waals surface area contributed by atoms with Gasteiger partial charge in [0, 0.05) is 46.1 Å². The van der Waals surface area contributed by atoms with Crippen LogP contribution < -0.4 is 20.7 Å². The lowest BCUT2D eigenvalue weighted by molar-refractivity contribution is -0.0749. The van der Waals surface area contributed by atoms with Gasteiger partial charge in [-0.3, -0.25) is 0 Å². The van der Waals surface area contributed by atoms with Crippen molar-refractivity contribution < 1.29 is 14.2 Å². The van der Waals surface area contributed by atoms with Crippen LogP contribution in [0.5, 0.6) is 5.75 Å². The summed E-state index contributed by atoms with van der Waals surface area (Å²) in [5.74, 6) is 0.978. The van der Waals surface area contributed by atoms with Gasteiger partial charge in [0.15, 0.2) is 0 Å². The summed E-state index contributed by atoms with van der Waals surface area (Å²) >= 11 is 0. The smallest absolute Gasteiger partial charge is 0.119 e. The highest BCUT2D eigenvalue weighted by Crippen LogP contribution is 2.34. The normalized spacial score (nSPS) is 25.5. The van der Waals surface area contributed by atoms with Crippen LogP contribution in [-0.2, 0) is 16.1 Å². The average Bonchev–Trinajstić information content (AvgIpc) is 2.98. The second kappa shape index (κ2) is 17.7. The zero-order chi connectivity index (χ0) is 38.3. The molecule has 6 nitrogen and oxygen atoms in total. The van der Waals surface area contributed by atoms with Crippen molar-refractivity contribution in [1.82, 2.24) is 16.0 Å². The van der Waals surface area contributed by atoms with Gasteiger partial charge in [-0.2, -0.15) is 0 Å². The summed E-state index contributed by atoms with van der Waals surface area (Å²) < 4.78 is 18.6.